The molecule has 2 amide bonds. The summed E-state index contributed by atoms with van der Waals surface area (Å²) in [7, 11) is -3.77. The molecule has 30 heavy (non-hydrogen) atoms. The second kappa shape index (κ2) is 8.89. The Kier molecular flexibility index (Phi) is 6.67. The maximum absolute atomic E-state index is 13.1. The highest BCUT2D eigenvalue weighted by Crippen LogP contribution is 2.38. The summed E-state index contributed by atoms with van der Waals surface area (Å²) in [5.41, 5.74) is 3.96. The van der Waals surface area contributed by atoms with Crippen LogP contribution in [0.15, 0.2) is 39.7 Å². The number of carbonyl (C=O) groups is 2. The van der Waals surface area contributed by atoms with Crippen molar-refractivity contribution in [1.82, 2.24) is 0 Å². The molecular formula is C22H25BrN2O4S. The molecule has 3 rings (SSSR count). The number of rotatable bonds is 6. The third-order valence-corrected chi connectivity index (χ3v) is 7.37. The SMILES string of the molecule is CCC(=O)N1CCc2cc(Br)cc(S(=O)(=O)CCC(=O)Nc3ccc(C)cc3C)c21. The average Bonchev–Trinajstić information content (AvgIpc) is 3.11. The van der Waals surface area contributed by atoms with Gasteiger partial charge in [0.15, 0.2) is 9.84 Å². The monoisotopic (exact) mass is 492 g/mol. The predicted octanol–water partition coefficient (Wildman–Crippen LogP) is 4.17. The van der Waals surface area contributed by atoms with Crippen LogP contribution in [0.2, 0.25) is 0 Å². The van der Waals surface area contributed by atoms with Crippen LogP contribution in [0.5, 0.6) is 0 Å². The number of hydrogen-bond donors (Lipinski definition) is 1. The van der Waals surface area contributed by atoms with Gasteiger partial charge >= 0.3 is 0 Å². The second-order valence-electron chi connectivity index (χ2n) is 7.50. The van der Waals surface area contributed by atoms with Crippen molar-refractivity contribution in [3.8, 4) is 0 Å². The van der Waals surface area contributed by atoms with Gasteiger partial charge in [-0.2, -0.15) is 0 Å². The summed E-state index contributed by atoms with van der Waals surface area (Å²) in [6, 6.07) is 9.04. The molecule has 0 radical (unpaired) electrons. The minimum Gasteiger partial charge on any atom is -0.326 e. The van der Waals surface area contributed by atoms with Crippen molar-refractivity contribution in [2.45, 2.75) is 44.9 Å². The third kappa shape index (κ3) is 4.75. The first kappa shape index (κ1) is 22.5. The number of anilines is 2. The fourth-order valence-corrected chi connectivity index (χ4v) is 5.82. The molecule has 8 heteroatoms. The Labute approximate surface area is 185 Å². The number of nitrogens with one attached hydrogen (secondary N) is 1. The average molecular weight is 493 g/mol. The van der Waals surface area contributed by atoms with Crippen LogP contribution in [-0.4, -0.2) is 32.5 Å². The molecule has 1 N–H and O–H groups in total. The van der Waals surface area contributed by atoms with E-state index < -0.39 is 9.84 Å². The summed E-state index contributed by atoms with van der Waals surface area (Å²) in [6.45, 7) is 6.08. The Bertz CT molecular complexity index is 1110. The molecule has 0 saturated carbocycles. The molecule has 160 valence electrons. The van der Waals surface area contributed by atoms with Crippen LogP contribution in [0.25, 0.3) is 0 Å². The van der Waals surface area contributed by atoms with E-state index in [1.54, 1.807) is 11.8 Å². The van der Waals surface area contributed by atoms with Crippen LogP contribution in [0.4, 0.5) is 11.4 Å². The zero-order valence-electron chi connectivity index (χ0n) is 17.3. The molecule has 0 unspecified atom stereocenters. The largest absolute Gasteiger partial charge is 0.326 e. The van der Waals surface area contributed by atoms with E-state index in [1.807, 2.05) is 38.1 Å². The molecule has 2 aromatic carbocycles. The Hall–Kier alpha value is -2.19. The third-order valence-electron chi connectivity index (χ3n) is 5.19. The smallest absolute Gasteiger partial charge is 0.226 e. The van der Waals surface area contributed by atoms with Gasteiger partial charge in [-0.1, -0.05) is 40.5 Å². The molecule has 0 saturated heterocycles. The van der Waals surface area contributed by atoms with E-state index in [0.29, 0.717) is 35.2 Å². The molecule has 2 aromatic rings. The van der Waals surface area contributed by atoms with E-state index in [4.69, 9.17) is 0 Å². The van der Waals surface area contributed by atoms with Gasteiger partial charge in [-0.05, 0) is 49.6 Å². The normalized spacial score (nSPS) is 13.3. The van der Waals surface area contributed by atoms with Gasteiger partial charge in [-0.25, -0.2) is 8.42 Å². The number of amides is 2. The minimum atomic E-state index is -3.77. The molecule has 1 aliphatic heterocycles. The number of carbonyl (C=O) groups excluding carboxylic acids is 2. The Morgan fingerprint density at radius 2 is 1.90 bits per heavy atom. The van der Waals surface area contributed by atoms with E-state index in [0.717, 1.165) is 16.7 Å². The van der Waals surface area contributed by atoms with Gasteiger partial charge in [0, 0.05) is 29.5 Å². The molecule has 0 aliphatic carbocycles. The summed E-state index contributed by atoms with van der Waals surface area (Å²) in [6.07, 6.45) is 0.738. The summed E-state index contributed by atoms with van der Waals surface area (Å²) < 4.78 is 26.9. The minimum absolute atomic E-state index is 0.102. The first-order valence-electron chi connectivity index (χ1n) is 9.85. The van der Waals surface area contributed by atoms with Crippen molar-refractivity contribution < 1.29 is 18.0 Å². The molecular weight excluding hydrogens is 468 g/mol. The second-order valence-corrected chi connectivity index (χ2v) is 10.5. The zero-order chi connectivity index (χ0) is 22.1. The van der Waals surface area contributed by atoms with E-state index in [1.165, 1.54) is 6.07 Å². The van der Waals surface area contributed by atoms with E-state index in [2.05, 4.69) is 21.2 Å². The maximum Gasteiger partial charge on any atom is 0.226 e. The lowest BCUT2D eigenvalue weighted by atomic mass is 10.1. The highest BCUT2D eigenvalue weighted by Gasteiger charge is 2.32. The molecule has 6 nitrogen and oxygen atoms in total. The highest BCUT2D eigenvalue weighted by atomic mass is 79.9. The van der Waals surface area contributed by atoms with E-state index in [-0.39, 0.29) is 28.9 Å². The highest BCUT2D eigenvalue weighted by molar-refractivity contribution is 9.10. The first-order chi connectivity index (χ1) is 14.1. The lowest BCUT2D eigenvalue weighted by Gasteiger charge is -2.20. The van der Waals surface area contributed by atoms with Gasteiger partial charge in [0.05, 0.1) is 16.3 Å². The molecule has 1 heterocycles. The zero-order valence-corrected chi connectivity index (χ0v) is 19.7. The van der Waals surface area contributed by atoms with Gasteiger partial charge in [-0.3, -0.25) is 9.59 Å². The first-order valence-corrected chi connectivity index (χ1v) is 12.3. The van der Waals surface area contributed by atoms with Crippen LogP contribution >= 0.6 is 15.9 Å². The fourth-order valence-electron chi connectivity index (χ4n) is 3.65. The van der Waals surface area contributed by atoms with Gasteiger partial charge < -0.3 is 10.2 Å². The van der Waals surface area contributed by atoms with Crippen molar-refractivity contribution in [1.29, 1.82) is 0 Å². The topological polar surface area (TPSA) is 83.6 Å². The van der Waals surface area contributed by atoms with Gasteiger partial charge in [0.2, 0.25) is 11.8 Å². The number of nitrogens with zero attached hydrogens (tertiary/aromatic N) is 1. The quantitative estimate of drug-likeness (QED) is 0.655. The van der Waals surface area contributed by atoms with Crippen molar-refractivity contribution in [2.75, 3.05) is 22.5 Å². The van der Waals surface area contributed by atoms with Crippen LogP contribution < -0.4 is 10.2 Å². The van der Waals surface area contributed by atoms with Gasteiger partial charge in [-0.15, -0.1) is 0 Å². The molecule has 0 spiro atoms. The van der Waals surface area contributed by atoms with Crippen LogP contribution in [-0.2, 0) is 25.8 Å². The molecule has 0 atom stereocenters. The molecule has 0 bridgehead atoms. The van der Waals surface area contributed by atoms with Crippen molar-refractivity contribution in [2.24, 2.45) is 0 Å². The van der Waals surface area contributed by atoms with Crippen molar-refractivity contribution >= 4 is 49.0 Å². The number of fused-ring (bicyclic) bond motifs is 1. The Morgan fingerprint density at radius 3 is 2.57 bits per heavy atom. The molecule has 1 aliphatic rings. The lowest BCUT2D eigenvalue weighted by molar-refractivity contribution is -0.118. The summed E-state index contributed by atoms with van der Waals surface area (Å²) >= 11 is 3.37. The van der Waals surface area contributed by atoms with Crippen molar-refractivity contribution in [3.05, 3.63) is 51.5 Å². The van der Waals surface area contributed by atoms with Gasteiger partial charge in [0.1, 0.15) is 0 Å². The fraction of sp³-hybridized carbons (Fsp3) is 0.364. The maximum atomic E-state index is 13.1. The number of sulfone groups is 1. The van der Waals surface area contributed by atoms with E-state index >= 15 is 0 Å². The number of halogens is 1. The summed E-state index contributed by atoms with van der Waals surface area (Å²) in [4.78, 5) is 26.4. The predicted molar refractivity (Wildman–Crippen MR) is 122 cm³/mol. The lowest BCUT2D eigenvalue weighted by Crippen LogP contribution is -2.29. The van der Waals surface area contributed by atoms with Crippen molar-refractivity contribution in [3.63, 3.8) is 0 Å². The van der Waals surface area contributed by atoms with E-state index in [9.17, 15) is 18.0 Å². The summed E-state index contributed by atoms with van der Waals surface area (Å²) in [5.74, 6) is -0.806. The van der Waals surface area contributed by atoms with Gasteiger partial charge in [0.25, 0.3) is 0 Å². The Balaban J connectivity index is 1.81. The molecule has 0 aromatic heterocycles. The number of aryl methyl sites for hydroxylation is 2. The summed E-state index contributed by atoms with van der Waals surface area (Å²) in [5, 5.41) is 2.78. The van der Waals surface area contributed by atoms with Crippen LogP contribution in [0.1, 0.15) is 36.5 Å². The number of benzene rings is 2. The Morgan fingerprint density at radius 1 is 1.17 bits per heavy atom. The van der Waals surface area contributed by atoms with Crippen LogP contribution in [0.3, 0.4) is 0 Å². The number of hydrogen-bond acceptors (Lipinski definition) is 4. The van der Waals surface area contributed by atoms with Crippen LogP contribution in [0, 0.1) is 13.8 Å². The molecule has 0 fully saturated rings. The standard InChI is InChI=1S/C22H25BrN2O4S/c1-4-21(27)25-9-7-16-12-17(23)13-19(22(16)25)30(28,29)10-8-20(26)24-18-6-5-14(2)11-15(18)3/h5-6,11-13H,4,7-10H2,1-3H3,(H,24,26).